The second kappa shape index (κ2) is 5.71. The summed E-state index contributed by atoms with van der Waals surface area (Å²) < 4.78 is 3.47. The van der Waals surface area contributed by atoms with E-state index in [0.29, 0.717) is 0 Å². The minimum Gasteiger partial charge on any atom is -0.308 e. The molecule has 0 aliphatic rings. The van der Waals surface area contributed by atoms with Crippen LogP contribution >= 0.6 is 15.9 Å². The van der Waals surface area contributed by atoms with Crippen LogP contribution in [0.2, 0.25) is 0 Å². The van der Waals surface area contributed by atoms with Crippen LogP contribution in [0.5, 0.6) is 0 Å². The van der Waals surface area contributed by atoms with Crippen molar-refractivity contribution >= 4 is 26.8 Å². The highest BCUT2D eigenvalue weighted by Crippen LogP contribution is 2.39. The molecule has 0 N–H and O–H groups in total. The van der Waals surface area contributed by atoms with Crippen molar-refractivity contribution in [3.05, 3.63) is 88.9 Å². The molecule has 0 spiro atoms. The van der Waals surface area contributed by atoms with Gasteiger partial charge >= 0.3 is 0 Å². The SMILES string of the molecule is Cc1ccc(-n2c(-c3ccccc3)c(Br)c3ccccc32)cc1. The van der Waals surface area contributed by atoms with Gasteiger partial charge in [-0.05, 0) is 46.6 Å². The summed E-state index contributed by atoms with van der Waals surface area (Å²) in [6, 6.07) is 27.7. The lowest BCUT2D eigenvalue weighted by atomic mass is 10.1. The first-order valence-electron chi connectivity index (χ1n) is 7.67. The maximum atomic E-state index is 3.83. The molecule has 0 atom stereocenters. The zero-order valence-corrected chi connectivity index (χ0v) is 14.4. The third kappa shape index (κ3) is 2.40. The maximum Gasteiger partial charge on any atom is 0.0683 e. The smallest absolute Gasteiger partial charge is 0.0683 e. The third-order valence-electron chi connectivity index (χ3n) is 4.15. The maximum absolute atomic E-state index is 3.83. The third-order valence-corrected chi connectivity index (χ3v) is 4.96. The van der Waals surface area contributed by atoms with Crippen LogP contribution < -0.4 is 0 Å². The number of aryl methyl sites for hydroxylation is 1. The number of benzene rings is 3. The Morgan fingerprint density at radius 2 is 1.39 bits per heavy atom. The summed E-state index contributed by atoms with van der Waals surface area (Å²) in [6.45, 7) is 2.12. The van der Waals surface area contributed by atoms with Gasteiger partial charge in [-0.25, -0.2) is 0 Å². The number of aromatic nitrogens is 1. The standard InChI is InChI=1S/C21H16BrN/c1-15-11-13-17(14-12-15)23-19-10-6-5-9-18(19)20(22)21(23)16-7-3-2-4-8-16/h2-14H,1H3. The Kier molecular flexibility index (Phi) is 3.55. The summed E-state index contributed by atoms with van der Waals surface area (Å²) in [7, 11) is 0. The van der Waals surface area contributed by atoms with Crippen LogP contribution in [0, 0.1) is 6.92 Å². The van der Waals surface area contributed by atoms with Gasteiger partial charge in [0.2, 0.25) is 0 Å². The van der Waals surface area contributed by atoms with Gasteiger partial charge in [-0.15, -0.1) is 0 Å². The minimum absolute atomic E-state index is 1.14. The molecule has 112 valence electrons. The van der Waals surface area contributed by atoms with Gasteiger partial charge in [-0.2, -0.15) is 0 Å². The molecule has 1 heterocycles. The quantitative estimate of drug-likeness (QED) is 0.391. The van der Waals surface area contributed by atoms with Gasteiger partial charge in [0.1, 0.15) is 0 Å². The largest absolute Gasteiger partial charge is 0.308 e. The van der Waals surface area contributed by atoms with Crippen LogP contribution in [0.4, 0.5) is 0 Å². The van der Waals surface area contributed by atoms with Crippen molar-refractivity contribution in [2.24, 2.45) is 0 Å². The molecule has 4 aromatic rings. The summed E-state index contributed by atoms with van der Waals surface area (Å²) in [5, 5.41) is 1.23. The fourth-order valence-corrected chi connectivity index (χ4v) is 3.76. The molecule has 0 saturated heterocycles. The summed E-state index contributed by atoms with van der Waals surface area (Å²) in [6.07, 6.45) is 0. The average molecular weight is 362 g/mol. The highest BCUT2D eigenvalue weighted by atomic mass is 79.9. The van der Waals surface area contributed by atoms with E-state index >= 15 is 0 Å². The molecule has 0 bridgehead atoms. The highest BCUT2D eigenvalue weighted by molar-refractivity contribution is 9.10. The molecule has 1 aromatic heterocycles. The van der Waals surface area contributed by atoms with Crippen LogP contribution in [0.25, 0.3) is 27.8 Å². The van der Waals surface area contributed by atoms with Crippen molar-refractivity contribution in [3.63, 3.8) is 0 Å². The zero-order chi connectivity index (χ0) is 15.8. The van der Waals surface area contributed by atoms with Gasteiger partial charge in [0.05, 0.1) is 15.7 Å². The van der Waals surface area contributed by atoms with E-state index in [9.17, 15) is 0 Å². The highest BCUT2D eigenvalue weighted by Gasteiger charge is 2.17. The molecule has 2 heteroatoms. The lowest BCUT2D eigenvalue weighted by molar-refractivity contribution is 1.13. The number of hydrogen-bond acceptors (Lipinski definition) is 0. The normalized spacial score (nSPS) is 11.0. The first-order chi connectivity index (χ1) is 11.3. The van der Waals surface area contributed by atoms with E-state index in [2.05, 4.69) is 106 Å². The Morgan fingerprint density at radius 1 is 0.739 bits per heavy atom. The lowest BCUT2D eigenvalue weighted by Gasteiger charge is -2.12. The van der Waals surface area contributed by atoms with Crippen molar-refractivity contribution in [2.45, 2.75) is 6.92 Å². The summed E-state index contributed by atoms with van der Waals surface area (Å²) in [4.78, 5) is 0. The van der Waals surface area contributed by atoms with E-state index in [1.54, 1.807) is 0 Å². The van der Waals surface area contributed by atoms with Crippen molar-refractivity contribution in [3.8, 4) is 16.9 Å². The number of rotatable bonds is 2. The van der Waals surface area contributed by atoms with Gasteiger partial charge in [0.15, 0.2) is 0 Å². The minimum atomic E-state index is 1.14. The van der Waals surface area contributed by atoms with Crippen molar-refractivity contribution < 1.29 is 0 Å². The zero-order valence-electron chi connectivity index (χ0n) is 12.8. The van der Waals surface area contributed by atoms with Gasteiger partial charge in [0.25, 0.3) is 0 Å². The topological polar surface area (TPSA) is 4.93 Å². The fourth-order valence-electron chi connectivity index (χ4n) is 3.01. The second-order valence-corrected chi connectivity index (χ2v) is 6.51. The fraction of sp³-hybridized carbons (Fsp3) is 0.0476. The molecule has 0 saturated carbocycles. The second-order valence-electron chi connectivity index (χ2n) is 5.72. The lowest BCUT2D eigenvalue weighted by Crippen LogP contribution is -1.97. The van der Waals surface area contributed by atoms with E-state index in [1.807, 2.05) is 0 Å². The van der Waals surface area contributed by atoms with Crippen molar-refractivity contribution in [2.75, 3.05) is 0 Å². The van der Waals surface area contributed by atoms with E-state index in [1.165, 1.54) is 33.4 Å². The molecule has 0 amide bonds. The molecule has 3 aromatic carbocycles. The molecular formula is C21H16BrN. The van der Waals surface area contributed by atoms with Crippen LogP contribution in [-0.4, -0.2) is 4.57 Å². The number of fused-ring (bicyclic) bond motifs is 1. The average Bonchev–Trinajstić information content (AvgIpc) is 2.90. The molecule has 4 rings (SSSR count). The Bertz CT molecular complexity index is 966. The van der Waals surface area contributed by atoms with Crippen LogP contribution in [-0.2, 0) is 0 Å². The molecule has 0 radical (unpaired) electrons. The first-order valence-corrected chi connectivity index (χ1v) is 8.46. The number of nitrogens with zero attached hydrogens (tertiary/aromatic N) is 1. The van der Waals surface area contributed by atoms with Gasteiger partial charge < -0.3 is 4.57 Å². The molecule has 0 unspecified atom stereocenters. The van der Waals surface area contributed by atoms with Crippen LogP contribution in [0.3, 0.4) is 0 Å². The van der Waals surface area contributed by atoms with E-state index < -0.39 is 0 Å². The first kappa shape index (κ1) is 14.3. The predicted octanol–water partition coefficient (Wildman–Crippen LogP) is 6.37. The van der Waals surface area contributed by atoms with Crippen molar-refractivity contribution in [1.29, 1.82) is 0 Å². The Morgan fingerprint density at radius 3 is 2.13 bits per heavy atom. The van der Waals surface area contributed by atoms with Crippen LogP contribution in [0.15, 0.2) is 83.3 Å². The van der Waals surface area contributed by atoms with E-state index in [0.717, 1.165) is 4.47 Å². The molecular weight excluding hydrogens is 346 g/mol. The predicted molar refractivity (Wildman–Crippen MR) is 101 cm³/mol. The van der Waals surface area contributed by atoms with E-state index in [-0.39, 0.29) is 0 Å². The van der Waals surface area contributed by atoms with Gasteiger partial charge in [-0.1, -0.05) is 66.2 Å². The van der Waals surface area contributed by atoms with Gasteiger partial charge in [-0.3, -0.25) is 0 Å². The van der Waals surface area contributed by atoms with E-state index in [4.69, 9.17) is 0 Å². The summed E-state index contributed by atoms with van der Waals surface area (Å²) in [5.41, 5.74) is 6.05. The Labute approximate surface area is 144 Å². The monoisotopic (exact) mass is 361 g/mol. The number of halogens is 1. The summed E-state index contributed by atoms with van der Waals surface area (Å²) >= 11 is 3.83. The molecule has 23 heavy (non-hydrogen) atoms. The molecule has 0 aliphatic heterocycles. The molecule has 0 aliphatic carbocycles. The summed E-state index contributed by atoms with van der Waals surface area (Å²) in [5.74, 6) is 0. The molecule has 1 nitrogen and oxygen atoms in total. The number of para-hydroxylation sites is 1. The number of hydrogen-bond donors (Lipinski definition) is 0. The Hall–Kier alpha value is -2.32. The molecule has 0 fully saturated rings. The van der Waals surface area contributed by atoms with Gasteiger partial charge in [0, 0.05) is 11.1 Å². The Balaban J connectivity index is 2.10. The van der Waals surface area contributed by atoms with Crippen molar-refractivity contribution in [1.82, 2.24) is 4.57 Å². The van der Waals surface area contributed by atoms with Crippen LogP contribution in [0.1, 0.15) is 5.56 Å².